The van der Waals surface area contributed by atoms with E-state index >= 15 is 0 Å². The number of fused-ring (bicyclic) bond motifs is 1. The number of sulfonamides is 1. The van der Waals surface area contributed by atoms with E-state index in [-0.39, 0.29) is 26.9 Å². The first-order valence-corrected chi connectivity index (χ1v) is 14.7. The molecular formula is C25H31N5O6S2. The maximum absolute atomic E-state index is 13.1. The van der Waals surface area contributed by atoms with Gasteiger partial charge in [-0.1, -0.05) is 12.8 Å². The molecule has 0 atom stereocenters. The molecule has 3 N–H and O–H groups in total. The van der Waals surface area contributed by atoms with Crippen LogP contribution in [0.4, 0.5) is 9.80 Å². The maximum Gasteiger partial charge on any atom is 0.321 e. The fourth-order valence-corrected chi connectivity index (χ4v) is 7.39. The van der Waals surface area contributed by atoms with Gasteiger partial charge in [0.05, 0.1) is 17.0 Å². The SMILES string of the molecule is CNC(=O)NC(=O)c1c(NC(=O)c2ccc(S(=O)(=O)N3CCCCCC3)cc2)sc2c1CCN(C(C)=O)C2. The number of carbonyl (C=O) groups is 4. The van der Waals surface area contributed by atoms with Crippen molar-refractivity contribution >= 4 is 50.1 Å². The standard InChI is InChI=1S/C25H31N5O6S2/c1-16(31)29-14-11-19-20(15-29)37-24(21(19)23(33)28-25(34)26-2)27-22(32)17-7-9-18(10-8-17)38(35,36)30-12-5-3-4-6-13-30/h7-10H,3-6,11-15H2,1-2H3,(H,27,32)(H2,26,28,33,34). The van der Waals surface area contributed by atoms with Crippen molar-refractivity contribution in [3.8, 4) is 0 Å². The van der Waals surface area contributed by atoms with Crippen molar-refractivity contribution in [2.45, 2.75) is 50.5 Å². The molecule has 3 heterocycles. The van der Waals surface area contributed by atoms with Gasteiger partial charge in [0.15, 0.2) is 0 Å². The van der Waals surface area contributed by atoms with Crippen molar-refractivity contribution in [2.75, 3.05) is 32.0 Å². The Morgan fingerprint density at radius 2 is 1.58 bits per heavy atom. The van der Waals surface area contributed by atoms with Crippen molar-refractivity contribution < 1.29 is 27.6 Å². The molecule has 1 aromatic heterocycles. The Hall–Kier alpha value is -3.29. The predicted molar refractivity (Wildman–Crippen MR) is 143 cm³/mol. The largest absolute Gasteiger partial charge is 0.341 e. The highest BCUT2D eigenvalue weighted by Gasteiger charge is 2.31. The third kappa shape index (κ3) is 5.89. The van der Waals surface area contributed by atoms with Crippen LogP contribution in [0.1, 0.15) is 63.8 Å². The first-order valence-electron chi connectivity index (χ1n) is 12.5. The summed E-state index contributed by atoms with van der Waals surface area (Å²) in [6.07, 6.45) is 4.07. The molecule has 5 amide bonds. The number of hydrogen-bond donors (Lipinski definition) is 3. The molecule has 13 heteroatoms. The van der Waals surface area contributed by atoms with Crippen LogP contribution >= 0.6 is 11.3 Å². The number of nitrogens with zero attached hydrogens (tertiary/aromatic N) is 2. The topological polar surface area (TPSA) is 145 Å². The third-order valence-electron chi connectivity index (χ3n) is 6.73. The summed E-state index contributed by atoms with van der Waals surface area (Å²) in [6, 6.07) is 5.02. The van der Waals surface area contributed by atoms with E-state index in [0.29, 0.717) is 38.2 Å². The van der Waals surface area contributed by atoms with Crippen LogP contribution < -0.4 is 16.0 Å². The van der Waals surface area contributed by atoms with Crippen LogP contribution in [0.2, 0.25) is 0 Å². The van der Waals surface area contributed by atoms with Crippen molar-refractivity contribution in [3.63, 3.8) is 0 Å². The van der Waals surface area contributed by atoms with E-state index in [2.05, 4.69) is 16.0 Å². The quantitative estimate of drug-likeness (QED) is 0.512. The van der Waals surface area contributed by atoms with Crippen LogP contribution in [0.5, 0.6) is 0 Å². The van der Waals surface area contributed by atoms with E-state index in [1.165, 1.54) is 53.9 Å². The molecule has 1 fully saturated rings. The van der Waals surface area contributed by atoms with Crippen LogP contribution in [0.3, 0.4) is 0 Å². The number of hydrogen-bond acceptors (Lipinski definition) is 7. The third-order valence-corrected chi connectivity index (χ3v) is 9.77. The highest BCUT2D eigenvalue weighted by Crippen LogP contribution is 2.37. The number of urea groups is 1. The van der Waals surface area contributed by atoms with E-state index in [9.17, 15) is 27.6 Å². The van der Waals surface area contributed by atoms with E-state index in [1.807, 2.05) is 0 Å². The molecule has 4 rings (SSSR count). The number of amides is 5. The lowest BCUT2D eigenvalue weighted by Crippen LogP contribution is -2.39. The number of thiophene rings is 1. The van der Waals surface area contributed by atoms with Crippen molar-refractivity contribution in [3.05, 3.63) is 45.8 Å². The maximum atomic E-state index is 13.1. The van der Waals surface area contributed by atoms with E-state index in [0.717, 1.165) is 30.6 Å². The molecule has 0 spiro atoms. The molecule has 1 aromatic carbocycles. The summed E-state index contributed by atoms with van der Waals surface area (Å²) in [6.45, 7) is 3.15. The Morgan fingerprint density at radius 1 is 0.921 bits per heavy atom. The smallest absolute Gasteiger partial charge is 0.321 e. The molecule has 2 aliphatic heterocycles. The van der Waals surface area contributed by atoms with Gasteiger partial charge in [-0.25, -0.2) is 13.2 Å². The Kier molecular flexibility index (Phi) is 8.48. The minimum atomic E-state index is -3.65. The number of carbonyl (C=O) groups excluding carboxylic acids is 4. The van der Waals surface area contributed by atoms with Crippen LogP contribution in [0, 0.1) is 0 Å². The van der Waals surface area contributed by atoms with Gasteiger partial charge in [-0.05, 0) is 49.1 Å². The van der Waals surface area contributed by atoms with Gasteiger partial charge in [0.1, 0.15) is 5.00 Å². The zero-order chi connectivity index (χ0) is 27.4. The molecule has 38 heavy (non-hydrogen) atoms. The predicted octanol–water partition coefficient (Wildman–Crippen LogP) is 2.54. The second-order valence-electron chi connectivity index (χ2n) is 9.23. The minimum absolute atomic E-state index is 0.0961. The van der Waals surface area contributed by atoms with Gasteiger partial charge < -0.3 is 15.5 Å². The summed E-state index contributed by atoms with van der Waals surface area (Å²) in [7, 11) is -2.27. The van der Waals surface area contributed by atoms with E-state index < -0.39 is 27.9 Å². The number of rotatable bonds is 5. The molecular weight excluding hydrogens is 530 g/mol. The highest BCUT2D eigenvalue weighted by atomic mass is 32.2. The van der Waals surface area contributed by atoms with Crippen molar-refractivity contribution in [2.24, 2.45) is 0 Å². The zero-order valence-electron chi connectivity index (χ0n) is 21.3. The lowest BCUT2D eigenvalue weighted by molar-refractivity contribution is -0.129. The van der Waals surface area contributed by atoms with Crippen molar-refractivity contribution in [1.82, 2.24) is 19.8 Å². The molecule has 204 valence electrons. The van der Waals surface area contributed by atoms with E-state index in [4.69, 9.17) is 0 Å². The molecule has 0 bridgehead atoms. The normalized spacial score (nSPS) is 16.2. The number of anilines is 1. The molecule has 0 saturated carbocycles. The molecule has 2 aromatic rings. The fourth-order valence-electron chi connectivity index (χ4n) is 4.61. The summed E-state index contributed by atoms with van der Waals surface area (Å²) < 4.78 is 27.6. The van der Waals surface area contributed by atoms with Crippen molar-refractivity contribution in [1.29, 1.82) is 0 Å². The van der Waals surface area contributed by atoms with Crippen LogP contribution in [0.15, 0.2) is 29.2 Å². The summed E-state index contributed by atoms with van der Waals surface area (Å²) >= 11 is 1.18. The van der Waals surface area contributed by atoms with Gasteiger partial charge >= 0.3 is 6.03 Å². The summed E-state index contributed by atoms with van der Waals surface area (Å²) in [4.78, 5) is 52.3. The minimum Gasteiger partial charge on any atom is -0.341 e. The van der Waals surface area contributed by atoms with Crippen LogP contribution in [-0.2, 0) is 27.8 Å². The zero-order valence-corrected chi connectivity index (χ0v) is 23.0. The Morgan fingerprint density at radius 3 is 2.18 bits per heavy atom. The summed E-state index contributed by atoms with van der Waals surface area (Å²) in [5, 5.41) is 7.59. The number of benzene rings is 1. The Bertz CT molecular complexity index is 1340. The molecule has 2 aliphatic rings. The molecule has 11 nitrogen and oxygen atoms in total. The first kappa shape index (κ1) is 27.7. The number of nitrogens with one attached hydrogen (secondary N) is 3. The first-order chi connectivity index (χ1) is 18.1. The van der Waals surface area contributed by atoms with Crippen LogP contribution in [-0.4, -0.2) is 68.1 Å². The fraction of sp³-hybridized carbons (Fsp3) is 0.440. The molecule has 0 unspecified atom stereocenters. The van der Waals surface area contributed by atoms with Gasteiger partial charge in [-0.15, -0.1) is 11.3 Å². The second-order valence-corrected chi connectivity index (χ2v) is 12.3. The lowest BCUT2D eigenvalue weighted by atomic mass is 10.0. The lowest BCUT2D eigenvalue weighted by Gasteiger charge is -2.26. The molecule has 0 radical (unpaired) electrons. The highest BCUT2D eigenvalue weighted by molar-refractivity contribution is 7.89. The molecule has 0 aliphatic carbocycles. The Labute approximate surface area is 225 Å². The monoisotopic (exact) mass is 561 g/mol. The molecule has 1 saturated heterocycles. The second kappa shape index (κ2) is 11.6. The van der Waals surface area contributed by atoms with Gasteiger partial charge in [-0.3, -0.25) is 19.7 Å². The average Bonchev–Trinajstić information content (AvgIpc) is 3.04. The Balaban J connectivity index is 1.57. The van der Waals surface area contributed by atoms with Gasteiger partial charge in [0, 0.05) is 44.0 Å². The van der Waals surface area contributed by atoms with Gasteiger partial charge in [0.2, 0.25) is 15.9 Å². The average molecular weight is 562 g/mol. The van der Waals surface area contributed by atoms with Gasteiger partial charge in [0.25, 0.3) is 11.8 Å². The van der Waals surface area contributed by atoms with Gasteiger partial charge in [-0.2, -0.15) is 4.31 Å². The summed E-state index contributed by atoms with van der Waals surface area (Å²) in [5.41, 5.74) is 1.09. The van der Waals surface area contributed by atoms with E-state index in [1.54, 1.807) is 4.90 Å². The summed E-state index contributed by atoms with van der Waals surface area (Å²) in [5.74, 6) is -1.28. The number of imide groups is 1. The van der Waals surface area contributed by atoms with Crippen LogP contribution in [0.25, 0.3) is 0 Å².